The summed E-state index contributed by atoms with van der Waals surface area (Å²) in [5.41, 5.74) is 1.12. The topological polar surface area (TPSA) is 60.5 Å². The standard InChI is InChI=1S/C18H19FN2O3/c19-16-10-13(21-18(22)11-15-5-3-9-23-15)6-7-17(16)24-12-14-4-1-2-8-20-14/h1-2,4,6-8,10,15H,3,5,9,11-12H2,(H,21,22)/t15-/m0/s1. The van der Waals surface area contributed by atoms with E-state index in [1.165, 1.54) is 12.1 Å². The van der Waals surface area contributed by atoms with Gasteiger partial charge in [0.2, 0.25) is 5.91 Å². The van der Waals surface area contributed by atoms with Crippen LogP contribution in [-0.2, 0) is 16.1 Å². The van der Waals surface area contributed by atoms with E-state index in [9.17, 15) is 9.18 Å². The van der Waals surface area contributed by atoms with E-state index < -0.39 is 5.82 Å². The normalized spacial score (nSPS) is 16.8. The Kier molecular flexibility index (Phi) is 5.38. The van der Waals surface area contributed by atoms with Gasteiger partial charge in [0.15, 0.2) is 11.6 Å². The van der Waals surface area contributed by atoms with Crippen LogP contribution in [0.15, 0.2) is 42.6 Å². The van der Waals surface area contributed by atoms with Gasteiger partial charge in [-0.2, -0.15) is 0 Å². The first kappa shape index (κ1) is 16.4. The van der Waals surface area contributed by atoms with Crippen molar-refractivity contribution in [1.29, 1.82) is 0 Å². The lowest BCUT2D eigenvalue weighted by Gasteiger charge is -2.11. The van der Waals surface area contributed by atoms with Crippen LogP contribution < -0.4 is 10.1 Å². The Balaban J connectivity index is 1.54. The van der Waals surface area contributed by atoms with Gasteiger partial charge in [0, 0.05) is 24.6 Å². The third-order valence-corrected chi connectivity index (χ3v) is 3.75. The van der Waals surface area contributed by atoms with Gasteiger partial charge >= 0.3 is 0 Å². The third-order valence-electron chi connectivity index (χ3n) is 3.75. The molecule has 1 aromatic carbocycles. The Morgan fingerprint density at radius 2 is 2.29 bits per heavy atom. The number of ether oxygens (including phenoxy) is 2. The van der Waals surface area contributed by atoms with Gasteiger partial charge in [-0.15, -0.1) is 0 Å². The summed E-state index contributed by atoms with van der Waals surface area (Å²) in [7, 11) is 0. The Morgan fingerprint density at radius 1 is 1.38 bits per heavy atom. The van der Waals surface area contributed by atoms with Crippen molar-refractivity contribution in [2.75, 3.05) is 11.9 Å². The number of aromatic nitrogens is 1. The van der Waals surface area contributed by atoms with E-state index in [2.05, 4.69) is 10.3 Å². The van der Waals surface area contributed by atoms with Crippen molar-refractivity contribution in [3.63, 3.8) is 0 Å². The number of benzene rings is 1. The van der Waals surface area contributed by atoms with E-state index in [0.29, 0.717) is 24.4 Å². The molecule has 1 aliphatic heterocycles. The fourth-order valence-corrected chi connectivity index (χ4v) is 2.55. The predicted octanol–water partition coefficient (Wildman–Crippen LogP) is 3.31. The van der Waals surface area contributed by atoms with Gasteiger partial charge in [-0.25, -0.2) is 4.39 Å². The summed E-state index contributed by atoms with van der Waals surface area (Å²) in [4.78, 5) is 16.0. The molecule has 1 saturated heterocycles. The second-order valence-corrected chi connectivity index (χ2v) is 5.64. The predicted molar refractivity (Wildman–Crippen MR) is 87.2 cm³/mol. The van der Waals surface area contributed by atoms with Crippen molar-refractivity contribution in [1.82, 2.24) is 4.98 Å². The molecule has 3 rings (SSSR count). The van der Waals surface area contributed by atoms with Crippen LogP contribution in [0.5, 0.6) is 5.75 Å². The van der Waals surface area contributed by atoms with E-state index in [1.807, 2.05) is 6.07 Å². The summed E-state index contributed by atoms with van der Waals surface area (Å²) < 4.78 is 24.9. The van der Waals surface area contributed by atoms with E-state index in [4.69, 9.17) is 9.47 Å². The number of hydrogen-bond donors (Lipinski definition) is 1. The number of nitrogens with zero attached hydrogens (tertiary/aromatic N) is 1. The molecule has 1 aliphatic rings. The van der Waals surface area contributed by atoms with Crippen molar-refractivity contribution in [2.45, 2.75) is 32.0 Å². The maximum absolute atomic E-state index is 14.1. The van der Waals surface area contributed by atoms with Crippen LogP contribution in [0.2, 0.25) is 0 Å². The van der Waals surface area contributed by atoms with E-state index in [-0.39, 0.29) is 24.4 Å². The molecule has 0 bridgehead atoms. The van der Waals surface area contributed by atoms with Crippen molar-refractivity contribution < 1.29 is 18.7 Å². The molecule has 6 heteroatoms. The number of halogens is 1. The Morgan fingerprint density at radius 3 is 3.00 bits per heavy atom. The quantitative estimate of drug-likeness (QED) is 0.883. The van der Waals surface area contributed by atoms with Gasteiger partial charge in [-0.05, 0) is 37.1 Å². The molecule has 2 heterocycles. The van der Waals surface area contributed by atoms with Crippen molar-refractivity contribution in [3.8, 4) is 5.75 Å². The van der Waals surface area contributed by atoms with Gasteiger partial charge in [0.25, 0.3) is 0 Å². The monoisotopic (exact) mass is 330 g/mol. The summed E-state index contributed by atoms with van der Waals surface area (Å²) in [6.07, 6.45) is 3.79. The highest BCUT2D eigenvalue weighted by Crippen LogP contribution is 2.23. The van der Waals surface area contributed by atoms with Crippen molar-refractivity contribution in [2.24, 2.45) is 0 Å². The number of hydrogen-bond acceptors (Lipinski definition) is 4. The van der Waals surface area contributed by atoms with E-state index >= 15 is 0 Å². The van der Waals surface area contributed by atoms with Crippen LogP contribution in [0.25, 0.3) is 0 Å². The first-order chi connectivity index (χ1) is 11.7. The average Bonchev–Trinajstić information content (AvgIpc) is 3.08. The van der Waals surface area contributed by atoms with Crippen LogP contribution in [-0.4, -0.2) is 23.6 Å². The number of amides is 1. The number of anilines is 1. The molecule has 1 aromatic heterocycles. The second kappa shape index (κ2) is 7.88. The molecule has 0 aliphatic carbocycles. The molecule has 1 N–H and O–H groups in total. The Bertz CT molecular complexity index is 688. The molecule has 1 atom stereocenters. The Labute approximate surface area is 139 Å². The number of carbonyl (C=O) groups excluding carboxylic acids is 1. The first-order valence-electron chi connectivity index (χ1n) is 7.94. The maximum Gasteiger partial charge on any atom is 0.226 e. The van der Waals surface area contributed by atoms with Crippen LogP contribution in [0, 0.1) is 5.82 Å². The lowest BCUT2D eigenvalue weighted by Crippen LogP contribution is -2.19. The lowest BCUT2D eigenvalue weighted by molar-refractivity contribution is -0.118. The van der Waals surface area contributed by atoms with Crippen molar-refractivity contribution >= 4 is 11.6 Å². The third kappa shape index (κ3) is 4.52. The summed E-state index contributed by atoms with van der Waals surface area (Å²) in [6.45, 7) is 0.886. The second-order valence-electron chi connectivity index (χ2n) is 5.64. The fraction of sp³-hybridized carbons (Fsp3) is 0.333. The summed E-state index contributed by atoms with van der Waals surface area (Å²) in [5, 5.41) is 2.68. The largest absolute Gasteiger partial charge is 0.484 e. The van der Waals surface area contributed by atoms with E-state index in [0.717, 1.165) is 12.8 Å². The molecule has 0 radical (unpaired) electrons. The highest BCUT2D eigenvalue weighted by Gasteiger charge is 2.19. The molecule has 126 valence electrons. The minimum absolute atomic E-state index is 0.0316. The zero-order valence-corrected chi connectivity index (χ0v) is 13.2. The van der Waals surface area contributed by atoms with Crippen molar-refractivity contribution in [3.05, 3.63) is 54.1 Å². The van der Waals surface area contributed by atoms with E-state index in [1.54, 1.807) is 24.4 Å². The molecule has 5 nitrogen and oxygen atoms in total. The SMILES string of the molecule is O=C(C[C@@H]1CCCO1)Nc1ccc(OCc2ccccn2)c(F)c1. The zero-order chi connectivity index (χ0) is 16.8. The molecular formula is C18H19FN2O3. The highest BCUT2D eigenvalue weighted by molar-refractivity contribution is 5.91. The molecule has 0 unspecified atom stereocenters. The molecule has 24 heavy (non-hydrogen) atoms. The van der Waals surface area contributed by atoms with Gasteiger partial charge < -0.3 is 14.8 Å². The number of pyridine rings is 1. The fourth-order valence-electron chi connectivity index (χ4n) is 2.55. The minimum Gasteiger partial charge on any atom is -0.484 e. The molecule has 0 saturated carbocycles. The number of rotatable bonds is 6. The first-order valence-corrected chi connectivity index (χ1v) is 7.94. The van der Waals surface area contributed by atoms with Crippen LogP contribution in [0.1, 0.15) is 25.0 Å². The molecular weight excluding hydrogens is 311 g/mol. The number of nitrogens with one attached hydrogen (secondary N) is 1. The summed E-state index contributed by atoms with van der Waals surface area (Å²) in [5.74, 6) is -0.581. The van der Waals surface area contributed by atoms with Gasteiger partial charge in [-0.3, -0.25) is 9.78 Å². The minimum atomic E-state index is -0.527. The smallest absolute Gasteiger partial charge is 0.226 e. The van der Waals surface area contributed by atoms with Crippen LogP contribution in [0.4, 0.5) is 10.1 Å². The van der Waals surface area contributed by atoms with Gasteiger partial charge in [0.1, 0.15) is 6.61 Å². The Hall–Kier alpha value is -2.47. The summed E-state index contributed by atoms with van der Waals surface area (Å²) in [6, 6.07) is 9.82. The highest BCUT2D eigenvalue weighted by atomic mass is 19.1. The summed E-state index contributed by atoms with van der Waals surface area (Å²) >= 11 is 0. The molecule has 0 spiro atoms. The van der Waals surface area contributed by atoms with Gasteiger partial charge in [-0.1, -0.05) is 6.07 Å². The lowest BCUT2D eigenvalue weighted by atomic mass is 10.1. The van der Waals surface area contributed by atoms with Gasteiger partial charge in [0.05, 0.1) is 18.2 Å². The maximum atomic E-state index is 14.1. The average molecular weight is 330 g/mol. The number of carbonyl (C=O) groups is 1. The zero-order valence-electron chi connectivity index (χ0n) is 13.2. The molecule has 1 amide bonds. The van der Waals surface area contributed by atoms with Crippen LogP contribution in [0.3, 0.4) is 0 Å². The molecule has 2 aromatic rings. The molecule has 1 fully saturated rings. The van der Waals surface area contributed by atoms with Crippen LogP contribution >= 0.6 is 0 Å².